The van der Waals surface area contributed by atoms with Crippen molar-refractivity contribution < 1.29 is 0 Å². The van der Waals surface area contributed by atoms with Crippen LogP contribution in [0.1, 0.15) is 148 Å². The molecule has 0 radical (unpaired) electrons. The van der Waals surface area contributed by atoms with Gasteiger partial charge >= 0.3 is 0 Å². The average molecular weight is 1070 g/mol. The summed E-state index contributed by atoms with van der Waals surface area (Å²) in [7, 11) is 0. The van der Waals surface area contributed by atoms with Gasteiger partial charge in [0, 0.05) is 0 Å². The van der Waals surface area contributed by atoms with Crippen LogP contribution in [-0.2, 0) is 51.4 Å². The Morgan fingerprint density at radius 1 is 0.183 bits per heavy atom. The van der Waals surface area contributed by atoms with Gasteiger partial charge in [-0.25, -0.2) is 0 Å². The summed E-state index contributed by atoms with van der Waals surface area (Å²) < 4.78 is 0. The van der Waals surface area contributed by atoms with Gasteiger partial charge in [0.05, 0.1) is 0 Å². The standard InChI is InChI=1S/C28H26.C27H24.C23H24.2C2H6/c1-22-7-9-24(10-8-22)20-26-15-17-28(18-16-26)21-27-13-11-25(12-14-27)19-23-5-3-2-4-6-23;1-3-7-22(8-4-1)19-24-11-15-26(16-12-24)21-27-17-13-25(14-18-27)20-23-9-5-2-6-10-23;1-18(2)23-14-12-22(13-15-23)17-21-10-8-20(9-11-21)16-19-6-4-3-5-7-19;2*1-2/h2-18H,19-21H2,1H3;1-18H,19-21H2;3-15,18H,16-17H2,1-2H3;2*1-2H3. The smallest absolute Gasteiger partial charge is 0.00258 e. The van der Waals surface area contributed by atoms with Crippen molar-refractivity contribution in [1.82, 2.24) is 0 Å². The molecule has 11 rings (SSSR count). The zero-order chi connectivity index (χ0) is 57.6. The predicted molar refractivity (Wildman–Crippen MR) is 355 cm³/mol. The molecule has 0 unspecified atom stereocenters. The Morgan fingerprint density at radius 3 is 0.476 bits per heavy atom. The van der Waals surface area contributed by atoms with Crippen LogP contribution in [0.5, 0.6) is 0 Å². The molecular formula is C82H86. The number of benzene rings is 11. The van der Waals surface area contributed by atoms with Gasteiger partial charge in [-0.05, 0) is 159 Å². The topological polar surface area (TPSA) is 0 Å². The highest BCUT2D eigenvalue weighted by molar-refractivity contribution is 5.38. The van der Waals surface area contributed by atoms with E-state index in [0.29, 0.717) is 5.92 Å². The summed E-state index contributed by atoms with van der Waals surface area (Å²) in [5.74, 6) is 0.598. The van der Waals surface area contributed by atoms with Crippen molar-refractivity contribution >= 4 is 0 Å². The number of hydrogen-bond donors (Lipinski definition) is 0. The summed E-state index contributed by atoms with van der Waals surface area (Å²) in [6.07, 6.45) is 7.95. The molecule has 0 amide bonds. The molecule has 0 atom stereocenters. The monoisotopic (exact) mass is 1070 g/mol. The van der Waals surface area contributed by atoms with Crippen molar-refractivity contribution in [2.24, 2.45) is 0 Å². The van der Waals surface area contributed by atoms with E-state index in [1.807, 2.05) is 27.7 Å². The van der Waals surface area contributed by atoms with E-state index in [-0.39, 0.29) is 0 Å². The minimum absolute atomic E-state index is 0.598. The van der Waals surface area contributed by atoms with E-state index < -0.39 is 0 Å². The van der Waals surface area contributed by atoms with Crippen molar-refractivity contribution in [3.63, 3.8) is 0 Å². The van der Waals surface area contributed by atoms with Gasteiger partial charge in [-0.1, -0.05) is 338 Å². The van der Waals surface area contributed by atoms with Crippen LogP contribution in [-0.4, -0.2) is 0 Å². The molecule has 0 nitrogen and oxygen atoms in total. The Kier molecular flexibility index (Phi) is 25.2. The van der Waals surface area contributed by atoms with Gasteiger partial charge in [-0.3, -0.25) is 0 Å². The molecule has 0 aromatic heterocycles. The number of rotatable bonds is 17. The molecule has 0 spiro atoms. The second-order valence-corrected chi connectivity index (χ2v) is 21.3. The molecule has 0 heterocycles. The summed E-state index contributed by atoms with van der Waals surface area (Å²) in [6, 6.07) is 106. The van der Waals surface area contributed by atoms with E-state index in [4.69, 9.17) is 0 Å². The van der Waals surface area contributed by atoms with Crippen LogP contribution in [0.15, 0.2) is 291 Å². The van der Waals surface area contributed by atoms with Gasteiger partial charge in [-0.2, -0.15) is 0 Å². The highest BCUT2D eigenvalue weighted by Crippen LogP contribution is 2.21. The largest absolute Gasteiger partial charge is 0.0683 e. The maximum Gasteiger partial charge on any atom is -0.00258 e. The number of aryl methyl sites for hydroxylation is 1. The van der Waals surface area contributed by atoms with Gasteiger partial charge in [0.25, 0.3) is 0 Å². The molecule has 0 saturated heterocycles. The molecule has 0 aliphatic heterocycles. The van der Waals surface area contributed by atoms with Crippen LogP contribution in [0.3, 0.4) is 0 Å². The normalized spacial score (nSPS) is 10.4. The van der Waals surface area contributed by atoms with Crippen molar-refractivity contribution in [1.29, 1.82) is 0 Å². The second-order valence-electron chi connectivity index (χ2n) is 21.3. The fourth-order valence-electron chi connectivity index (χ4n) is 9.87. The van der Waals surface area contributed by atoms with Crippen LogP contribution in [0.4, 0.5) is 0 Å². The van der Waals surface area contributed by atoms with Gasteiger partial charge in [0.1, 0.15) is 0 Å². The summed E-state index contributed by atoms with van der Waals surface area (Å²) in [4.78, 5) is 0. The van der Waals surface area contributed by atoms with E-state index >= 15 is 0 Å². The van der Waals surface area contributed by atoms with E-state index in [1.54, 1.807) is 0 Å². The molecule has 0 heteroatoms. The first-order valence-electron chi connectivity index (χ1n) is 30.0. The highest BCUT2D eigenvalue weighted by Gasteiger charge is 2.05. The first-order valence-corrected chi connectivity index (χ1v) is 30.0. The molecule has 0 aliphatic carbocycles. The lowest BCUT2D eigenvalue weighted by Gasteiger charge is -2.08. The van der Waals surface area contributed by atoms with Gasteiger partial charge in [0.2, 0.25) is 0 Å². The SMILES string of the molecule is CC.CC.CC(C)c1ccc(Cc2ccc(Cc3ccccc3)cc2)cc1.Cc1ccc(Cc2ccc(Cc3ccc(Cc4ccccc4)cc3)cc2)cc1.c1ccc(Cc2ccc(Cc3ccc(Cc4ccccc4)cc3)cc2)cc1. The third-order valence-electron chi connectivity index (χ3n) is 14.5. The summed E-state index contributed by atoms with van der Waals surface area (Å²) in [5, 5.41) is 0. The Morgan fingerprint density at radius 2 is 0.317 bits per heavy atom. The Labute approximate surface area is 494 Å². The zero-order valence-electron chi connectivity index (χ0n) is 49.9. The Balaban J connectivity index is 0.000000173. The van der Waals surface area contributed by atoms with Crippen LogP contribution in [0.2, 0.25) is 0 Å². The third-order valence-corrected chi connectivity index (χ3v) is 14.5. The third kappa shape index (κ3) is 21.1. The fraction of sp³-hybridized carbons (Fsp3) is 0.195. The van der Waals surface area contributed by atoms with Gasteiger partial charge < -0.3 is 0 Å². The van der Waals surface area contributed by atoms with E-state index in [1.165, 1.54) is 100 Å². The summed E-state index contributed by atoms with van der Waals surface area (Å²) in [5.41, 5.74) is 24.6. The van der Waals surface area contributed by atoms with E-state index in [0.717, 1.165) is 51.4 Å². The van der Waals surface area contributed by atoms with E-state index in [2.05, 4.69) is 312 Å². The van der Waals surface area contributed by atoms with Crippen molar-refractivity contribution in [2.75, 3.05) is 0 Å². The second kappa shape index (κ2) is 33.9. The molecule has 82 heavy (non-hydrogen) atoms. The molecule has 0 N–H and O–H groups in total. The molecule has 11 aromatic rings. The maximum atomic E-state index is 2.27. The van der Waals surface area contributed by atoms with Crippen molar-refractivity contribution in [3.8, 4) is 0 Å². The minimum Gasteiger partial charge on any atom is -0.0683 e. The first-order chi connectivity index (χ1) is 40.3. The molecule has 0 saturated carbocycles. The molecular weight excluding hydrogens is 985 g/mol. The lowest BCUT2D eigenvalue weighted by Crippen LogP contribution is -1.93. The van der Waals surface area contributed by atoms with E-state index in [9.17, 15) is 0 Å². The fourth-order valence-corrected chi connectivity index (χ4v) is 9.87. The Hall–Kier alpha value is -8.58. The van der Waals surface area contributed by atoms with Crippen molar-refractivity contribution in [2.45, 2.75) is 106 Å². The first kappa shape index (κ1) is 61.0. The summed E-state index contributed by atoms with van der Waals surface area (Å²) in [6.45, 7) is 14.6. The average Bonchev–Trinajstić information content (AvgIpc) is 3.54. The molecule has 11 aromatic carbocycles. The maximum absolute atomic E-state index is 2.27. The highest BCUT2D eigenvalue weighted by atomic mass is 14.1. The Bertz CT molecular complexity index is 3330. The zero-order valence-corrected chi connectivity index (χ0v) is 49.9. The van der Waals surface area contributed by atoms with Crippen LogP contribution >= 0.6 is 0 Å². The summed E-state index contributed by atoms with van der Waals surface area (Å²) >= 11 is 0. The predicted octanol–water partition coefficient (Wildman–Crippen LogP) is 21.3. The van der Waals surface area contributed by atoms with Crippen LogP contribution in [0.25, 0.3) is 0 Å². The van der Waals surface area contributed by atoms with Gasteiger partial charge in [0.15, 0.2) is 0 Å². The molecule has 0 fully saturated rings. The van der Waals surface area contributed by atoms with Crippen molar-refractivity contribution in [3.05, 3.63) is 391 Å². The van der Waals surface area contributed by atoms with Crippen LogP contribution in [0, 0.1) is 6.92 Å². The molecule has 414 valence electrons. The molecule has 0 aliphatic rings. The lowest BCUT2D eigenvalue weighted by molar-refractivity contribution is 0.865. The lowest BCUT2D eigenvalue weighted by atomic mass is 9.97. The minimum atomic E-state index is 0.598. The van der Waals surface area contributed by atoms with Crippen LogP contribution < -0.4 is 0 Å². The van der Waals surface area contributed by atoms with Gasteiger partial charge in [-0.15, -0.1) is 0 Å². The molecule has 0 bridgehead atoms. The quantitative estimate of drug-likeness (QED) is 0.0852. The number of hydrogen-bond acceptors (Lipinski definition) is 0.